The summed E-state index contributed by atoms with van der Waals surface area (Å²) in [6.07, 6.45) is 0. The maximum Gasteiger partial charge on any atom is 0.261 e. The van der Waals surface area contributed by atoms with Gasteiger partial charge in [-0.1, -0.05) is 48.0 Å². The predicted molar refractivity (Wildman–Crippen MR) is 116 cm³/mol. The molecule has 5 nitrogen and oxygen atoms in total. The molecule has 0 saturated carbocycles. The molecule has 0 aliphatic rings. The van der Waals surface area contributed by atoms with E-state index in [9.17, 15) is 9.59 Å². The summed E-state index contributed by atoms with van der Waals surface area (Å²) in [5.41, 5.74) is 1.31. The van der Waals surface area contributed by atoms with Crippen molar-refractivity contribution in [1.82, 2.24) is 10.2 Å². The summed E-state index contributed by atoms with van der Waals surface area (Å²) < 4.78 is 5.72. The number of amides is 2. The molecule has 0 aromatic heterocycles. The SMILES string of the molecule is Cc1ccccc1OCC(=O)N(Cc1ccccc1Cl)[C@@H](C)C(=O)NC(C)(C)C. The summed E-state index contributed by atoms with van der Waals surface area (Å²) >= 11 is 6.29. The van der Waals surface area contributed by atoms with Gasteiger partial charge in [0.15, 0.2) is 6.61 Å². The molecule has 0 spiro atoms. The van der Waals surface area contributed by atoms with E-state index in [1.807, 2.05) is 70.2 Å². The maximum absolute atomic E-state index is 13.0. The number of aryl methyl sites for hydroxylation is 1. The molecule has 0 aliphatic heterocycles. The molecular weight excluding hydrogens is 388 g/mol. The highest BCUT2D eigenvalue weighted by atomic mass is 35.5. The van der Waals surface area contributed by atoms with Gasteiger partial charge in [-0.3, -0.25) is 9.59 Å². The van der Waals surface area contributed by atoms with Gasteiger partial charge in [0.25, 0.3) is 5.91 Å². The third-order valence-corrected chi connectivity index (χ3v) is 4.78. The summed E-state index contributed by atoms with van der Waals surface area (Å²) in [6.45, 7) is 9.39. The maximum atomic E-state index is 13.0. The van der Waals surface area contributed by atoms with Crippen LogP contribution >= 0.6 is 11.6 Å². The van der Waals surface area contributed by atoms with Gasteiger partial charge in [-0.05, 0) is 57.9 Å². The summed E-state index contributed by atoms with van der Waals surface area (Å²) in [4.78, 5) is 27.3. The average molecular weight is 417 g/mol. The molecule has 2 aromatic carbocycles. The Kier molecular flexibility index (Phi) is 7.68. The Morgan fingerprint density at radius 1 is 1.10 bits per heavy atom. The number of para-hydroxylation sites is 1. The molecule has 1 N–H and O–H groups in total. The lowest BCUT2D eigenvalue weighted by molar-refractivity contribution is -0.142. The highest BCUT2D eigenvalue weighted by molar-refractivity contribution is 6.31. The van der Waals surface area contributed by atoms with E-state index in [0.717, 1.165) is 11.1 Å². The van der Waals surface area contributed by atoms with E-state index in [4.69, 9.17) is 16.3 Å². The van der Waals surface area contributed by atoms with Gasteiger partial charge in [0.2, 0.25) is 5.91 Å². The van der Waals surface area contributed by atoms with E-state index in [1.54, 1.807) is 13.0 Å². The van der Waals surface area contributed by atoms with Crippen LogP contribution in [-0.2, 0) is 16.1 Å². The van der Waals surface area contributed by atoms with Gasteiger partial charge in [-0.25, -0.2) is 0 Å². The molecule has 0 saturated heterocycles. The number of nitrogens with one attached hydrogen (secondary N) is 1. The van der Waals surface area contributed by atoms with Crippen molar-refractivity contribution in [3.63, 3.8) is 0 Å². The van der Waals surface area contributed by atoms with Crippen molar-refractivity contribution in [1.29, 1.82) is 0 Å². The zero-order chi connectivity index (χ0) is 21.6. The standard InChI is InChI=1S/C23H29ClN2O3/c1-16-10-6-9-13-20(16)29-15-21(27)26(14-18-11-7-8-12-19(18)24)17(2)22(28)25-23(3,4)5/h6-13,17H,14-15H2,1-5H3,(H,25,28)/t17-/m0/s1. The fourth-order valence-electron chi connectivity index (χ4n) is 2.81. The van der Waals surface area contributed by atoms with Crippen LogP contribution in [-0.4, -0.2) is 34.9 Å². The Morgan fingerprint density at radius 3 is 2.34 bits per heavy atom. The Hall–Kier alpha value is -2.53. The highest BCUT2D eigenvalue weighted by Crippen LogP contribution is 2.20. The van der Waals surface area contributed by atoms with Crippen molar-refractivity contribution in [3.05, 3.63) is 64.7 Å². The third-order valence-electron chi connectivity index (χ3n) is 4.41. The first-order valence-electron chi connectivity index (χ1n) is 9.62. The summed E-state index contributed by atoms with van der Waals surface area (Å²) in [6, 6.07) is 14.1. The van der Waals surface area contributed by atoms with E-state index in [-0.39, 0.29) is 25.0 Å². The molecule has 2 amide bonds. The molecule has 29 heavy (non-hydrogen) atoms. The molecule has 0 heterocycles. The monoisotopic (exact) mass is 416 g/mol. The number of nitrogens with zero attached hydrogens (tertiary/aromatic N) is 1. The molecular formula is C23H29ClN2O3. The minimum atomic E-state index is -0.682. The zero-order valence-corrected chi connectivity index (χ0v) is 18.4. The van der Waals surface area contributed by atoms with Gasteiger partial charge in [-0.15, -0.1) is 0 Å². The van der Waals surface area contributed by atoms with Crippen LogP contribution in [0.3, 0.4) is 0 Å². The second kappa shape index (κ2) is 9.79. The Labute approximate surface area is 178 Å². The lowest BCUT2D eigenvalue weighted by Gasteiger charge is -2.31. The van der Waals surface area contributed by atoms with Gasteiger partial charge >= 0.3 is 0 Å². The van der Waals surface area contributed by atoms with E-state index >= 15 is 0 Å². The van der Waals surface area contributed by atoms with Crippen molar-refractivity contribution in [2.75, 3.05) is 6.61 Å². The van der Waals surface area contributed by atoms with Crippen LogP contribution < -0.4 is 10.1 Å². The number of halogens is 1. The topological polar surface area (TPSA) is 58.6 Å². The Morgan fingerprint density at radius 2 is 1.72 bits per heavy atom. The van der Waals surface area contributed by atoms with E-state index in [1.165, 1.54) is 4.90 Å². The average Bonchev–Trinajstić information content (AvgIpc) is 2.64. The van der Waals surface area contributed by atoms with Crippen molar-refractivity contribution in [2.45, 2.75) is 52.7 Å². The minimum absolute atomic E-state index is 0.164. The van der Waals surface area contributed by atoms with Gasteiger partial charge in [0.1, 0.15) is 11.8 Å². The normalized spacial score (nSPS) is 12.2. The zero-order valence-electron chi connectivity index (χ0n) is 17.7. The van der Waals surface area contributed by atoms with Crippen LogP contribution in [0.4, 0.5) is 0 Å². The number of hydrogen-bond donors (Lipinski definition) is 1. The molecule has 0 fully saturated rings. The summed E-state index contributed by atoms with van der Waals surface area (Å²) in [5, 5.41) is 3.48. The van der Waals surface area contributed by atoms with E-state index < -0.39 is 11.6 Å². The molecule has 156 valence electrons. The van der Waals surface area contributed by atoms with Crippen LogP contribution in [0.15, 0.2) is 48.5 Å². The molecule has 6 heteroatoms. The van der Waals surface area contributed by atoms with E-state index in [2.05, 4.69) is 5.32 Å². The number of hydrogen-bond acceptors (Lipinski definition) is 3. The molecule has 2 aromatic rings. The lowest BCUT2D eigenvalue weighted by atomic mass is 10.1. The third kappa shape index (κ3) is 6.79. The van der Waals surface area contributed by atoms with Crippen LogP contribution in [0.1, 0.15) is 38.8 Å². The van der Waals surface area contributed by atoms with Gasteiger partial charge < -0.3 is 15.0 Å². The van der Waals surface area contributed by atoms with Crippen LogP contribution in [0.25, 0.3) is 0 Å². The first kappa shape index (κ1) is 22.8. The van der Waals surface area contributed by atoms with Gasteiger partial charge in [0.05, 0.1) is 0 Å². The lowest BCUT2D eigenvalue weighted by Crippen LogP contribution is -2.53. The highest BCUT2D eigenvalue weighted by Gasteiger charge is 2.29. The van der Waals surface area contributed by atoms with Crippen molar-refractivity contribution in [2.24, 2.45) is 0 Å². The summed E-state index contributed by atoms with van der Waals surface area (Å²) in [7, 11) is 0. The number of carbonyl (C=O) groups is 2. The fourth-order valence-corrected chi connectivity index (χ4v) is 3.00. The number of ether oxygens (including phenoxy) is 1. The number of rotatable bonds is 7. The van der Waals surface area contributed by atoms with Crippen molar-refractivity contribution < 1.29 is 14.3 Å². The fraction of sp³-hybridized carbons (Fsp3) is 0.391. The molecule has 0 aliphatic carbocycles. The van der Waals surface area contributed by atoms with Crippen molar-refractivity contribution in [3.8, 4) is 5.75 Å². The van der Waals surface area contributed by atoms with Crippen LogP contribution in [0.2, 0.25) is 5.02 Å². The Bertz CT molecular complexity index is 861. The first-order chi connectivity index (χ1) is 13.6. The molecule has 0 radical (unpaired) electrons. The predicted octanol–water partition coefficient (Wildman–Crippen LogP) is 4.36. The van der Waals surface area contributed by atoms with Crippen LogP contribution in [0.5, 0.6) is 5.75 Å². The van der Waals surface area contributed by atoms with E-state index in [0.29, 0.717) is 10.8 Å². The quantitative estimate of drug-likeness (QED) is 0.729. The molecule has 1 atom stereocenters. The largest absolute Gasteiger partial charge is 0.484 e. The number of benzene rings is 2. The summed E-state index contributed by atoms with van der Waals surface area (Å²) in [5.74, 6) is 0.129. The minimum Gasteiger partial charge on any atom is -0.484 e. The molecule has 2 rings (SSSR count). The van der Waals surface area contributed by atoms with Crippen molar-refractivity contribution >= 4 is 23.4 Å². The second-order valence-corrected chi connectivity index (χ2v) is 8.49. The second-order valence-electron chi connectivity index (χ2n) is 8.08. The van der Waals surface area contributed by atoms with Gasteiger partial charge in [0, 0.05) is 17.1 Å². The molecule has 0 bridgehead atoms. The molecule has 0 unspecified atom stereocenters. The van der Waals surface area contributed by atoms with Gasteiger partial charge in [-0.2, -0.15) is 0 Å². The number of carbonyl (C=O) groups excluding carboxylic acids is 2. The first-order valence-corrected chi connectivity index (χ1v) is 9.99. The smallest absolute Gasteiger partial charge is 0.261 e. The Balaban J connectivity index is 2.20. The van der Waals surface area contributed by atoms with Crippen LogP contribution in [0, 0.1) is 6.92 Å².